The van der Waals surface area contributed by atoms with Gasteiger partial charge >= 0.3 is 12.1 Å². The molecule has 1 saturated heterocycles. The molecule has 25 heavy (non-hydrogen) atoms. The molecule has 1 aromatic heterocycles. The molecule has 1 N–H and O–H groups in total. The number of carbonyl (C=O) groups excluding carboxylic acids is 1. The number of hydrogen-bond donors (Lipinski definition) is 1. The van der Waals surface area contributed by atoms with E-state index in [0.29, 0.717) is 0 Å². The minimum absolute atomic E-state index is 0.0674. The van der Waals surface area contributed by atoms with Gasteiger partial charge in [0.25, 0.3) is 5.69 Å². The Bertz CT molecular complexity index is 687. The molecule has 0 radical (unpaired) electrons. The van der Waals surface area contributed by atoms with Crippen LogP contribution in [0.5, 0.6) is 0 Å². The number of aromatic nitrogens is 1. The topological polar surface area (TPSA) is 126 Å². The Labute approximate surface area is 144 Å². The zero-order valence-corrected chi connectivity index (χ0v) is 14.2. The average molecular weight is 352 g/mol. The predicted octanol–water partition coefficient (Wildman–Crippen LogP) is 1.50. The second-order valence-electron chi connectivity index (χ2n) is 6.60. The van der Waals surface area contributed by atoms with Crippen LogP contribution >= 0.6 is 0 Å². The lowest BCUT2D eigenvalue weighted by molar-refractivity contribution is -0.384. The van der Waals surface area contributed by atoms with Gasteiger partial charge in [-0.15, -0.1) is 0 Å². The Morgan fingerprint density at radius 2 is 2.08 bits per heavy atom. The van der Waals surface area contributed by atoms with Crippen molar-refractivity contribution in [3.63, 3.8) is 0 Å². The Morgan fingerprint density at radius 1 is 1.40 bits per heavy atom. The Balaban J connectivity index is 2.24. The normalized spacial score (nSPS) is 18.0. The van der Waals surface area contributed by atoms with E-state index in [1.165, 1.54) is 18.5 Å². The van der Waals surface area contributed by atoms with E-state index >= 15 is 0 Å². The molecule has 2 rings (SSSR count). The van der Waals surface area contributed by atoms with Crippen LogP contribution in [0.3, 0.4) is 0 Å². The summed E-state index contributed by atoms with van der Waals surface area (Å²) in [6, 6.07) is 0.0779. The van der Waals surface area contributed by atoms with Gasteiger partial charge in [-0.05, 0) is 20.8 Å². The van der Waals surface area contributed by atoms with Crippen molar-refractivity contribution < 1.29 is 24.4 Å². The maximum atomic E-state index is 12.2. The van der Waals surface area contributed by atoms with Crippen molar-refractivity contribution in [1.82, 2.24) is 9.88 Å². The third kappa shape index (κ3) is 4.34. The first kappa shape index (κ1) is 18.4. The second-order valence-corrected chi connectivity index (χ2v) is 6.60. The lowest BCUT2D eigenvalue weighted by atomic mass is 10.1. The molecule has 1 atom stereocenters. The molecule has 1 aliphatic heterocycles. The monoisotopic (exact) mass is 352 g/mol. The standard InChI is InChI=1S/C15H20N4O6/c1-15(2,3)25-14(22)18-7-6-17(9-12(18)13(20)21)11-8-16-5-4-10(11)19(23)24/h4-5,8,12H,6-7,9H2,1-3H3,(H,20,21)/t12-/m0/s1. The highest BCUT2D eigenvalue weighted by Crippen LogP contribution is 2.29. The van der Waals surface area contributed by atoms with Crippen LogP contribution in [0.15, 0.2) is 18.5 Å². The van der Waals surface area contributed by atoms with E-state index in [9.17, 15) is 24.8 Å². The Hall–Kier alpha value is -2.91. The van der Waals surface area contributed by atoms with Crippen LogP contribution in [0.25, 0.3) is 0 Å². The highest BCUT2D eigenvalue weighted by atomic mass is 16.6. The van der Waals surface area contributed by atoms with Crippen molar-refractivity contribution in [3.8, 4) is 0 Å². The van der Waals surface area contributed by atoms with Crippen molar-refractivity contribution in [1.29, 1.82) is 0 Å². The first-order valence-corrected chi connectivity index (χ1v) is 7.66. The van der Waals surface area contributed by atoms with Crippen LogP contribution < -0.4 is 4.90 Å². The molecule has 0 unspecified atom stereocenters. The highest BCUT2D eigenvalue weighted by Gasteiger charge is 2.39. The summed E-state index contributed by atoms with van der Waals surface area (Å²) >= 11 is 0. The molecule has 136 valence electrons. The first-order valence-electron chi connectivity index (χ1n) is 7.66. The number of amides is 1. The molecule has 10 nitrogen and oxygen atoms in total. The summed E-state index contributed by atoms with van der Waals surface area (Å²) in [6.45, 7) is 5.27. The molecule has 10 heteroatoms. The van der Waals surface area contributed by atoms with E-state index in [1.54, 1.807) is 25.7 Å². The van der Waals surface area contributed by atoms with Gasteiger partial charge in [0, 0.05) is 31.9 Å². The first-order chi connectivity index (χ1) is 11.6. The number of aliphatic carboxylic acids is 1. The van der Waals surface area contributed by atoms with Gasteiger partial charge in [-0.1, -0.05) is 0 Å². The van der Waals surface area contributed by atoms with Gasteiger partial charge in [-0.25, -0.2) is 9.59 Å². The quantitative estimate of drug-likeness (QED) is 0.640. The summed E-state index contributed by atoms with van der Waals surface area (Å²) in [5, 5.41) is 20.6. The maximum Gasteiger partial charge on any atom is 0.411 e. The number of nitro groups is 1. The number of anilines is 1. The summed E-state index contributed by atoms with van der Waals surface area (Å²) in [5.74, 6) is -1.21. The van der Waals surface area contributed by atoms with Gasteiger partial charge in [0.15, 0.2) is 0 Å². The predicted molar refractivity (Wildman–Crippen MR) is 87.5 cm³/mol. The van der Waals surface area contributed by atoms with Crippen LogP contribution in [-0.4, -0.2) is 63.3 Å². The fourth-order valence-electron chi connectivity index (χ4n) is 2.53. The van der Waals surface area contributed by atoms with Gasteiger partial charge in [0.05, 0.1) is 11.1 Å². The smallest absolute Gasteiger partial charge is 0.411 e. The Morgan fingerprint density at radius 3 is 2.64 bits per heavy atom. The third-order valence-electron chi connectivity index (χ3n) is 3.61. The van der Waals surface area contributed by atoms with Gasteiger partial charge in [-0.2, -0.15) is 0 Å². The summed E-state index contributed by atoms with van der Waals surface area (Å²) in [7, 11) is 0. The zero-order valence-electron chi connectivity index (χ0n) is 14.2. The minimum Gasteiger partial charge on any atom is -0.480 e. The summed E-state index contributed by atoms with van der Waals surface area (Å²) in [5.41, 5.74) is -0.688. The molecule has 1 aliphatic rings. The number of carboxylic acids is 1. The number of nitrogens with zero attached hydrogens (tertiary/aromatic N) is 4. The van der Waals surface area contributed by atoms with E-state index in [4.69, 9.17) is 4.74 Å². The van der Waals surface area contributed by atoms with Crippen LogP contribution in [-0.2, 0) is 9.53 Å². The molecule has 0 aromatic carbocycles. The van der Waals surface area contributed by atoms with E-state index < -0.39 is 28.6 Å². The molecule has 1 aromatic rings. The highest BCUT2D eigenvalue weighted by molar-refractivity contribution is 5.82. The number of ether oxygens (including phenoxy) is 1. The molecular formula is C15H20N4O6. The lowest BCUT2D eigenvalue weighted by Crippen LogP contribution is -2.59. The van der Waals surface area contributed by atoms with Crippen LogP contribution in [0.2, 0.25) is 0 Å². The molecule has 0 aliphatic carbocycles. The average Bonchev–Trinajstić information content (AvgIpc) is 2.52. The minimum atomic E-state index is -1.21. The van der Waals surface area contributed by atoms with Crippen molar-refractivity contribution in [2.45, 2.75) is 32.4 Å². The largest absolute Gasteiger partial charge is 0.480 e. The molecule has 1 fully saturated rings. The maximum absolute atomic E-state index is 12.2. The van der Waals surface area contributed by atoms with Gasteiger partial charge in [0.2, 0.25) is 0 Å². The molecular weight excluding hydrogens is 332 g/mol. The van der Waals surface area contributed by atoms with E-state index in [-0.39, 0.29) is 31.0 Å². The molecule has 0 spiro atoms. The van der Waals surface area contributed by atoms with Crippen LogP contribution in [0, 0.1) is 10.1 Å². The number of pyridine rings is 1. The fraction of sp³-hybridized carbons (Fsp3) is 0.533. The van der Waals surface area contributed by atoms with E-state index in [0.717, 1.165) is 4.90 Å². The van der Waals surface area contributed by atoms with Gasteiger partial charge < -0.3 is 14.7 Å². The Kier molecular flexibility index (Phi) is 5.10. The van der Waals surface area contributed by atoms with Gasteiger partial charge in [-0.3, -0.25) is 20.0 Å². The number of piperazine rings is 1. The second kappa shape index (κ2) is 6.91. The SMILES string of the molecule is CC(C)(C)OC(=O)N1CCN(c2cnccc2[N+](=O)[O-])C[C@H]1C(=O)O. The third-order valence-corrected chi connectivity index (χ3v) is 3.61. The van der Waals surface area contributed by atoms with E-state index in [2.05, 4.69) is 4.98 Å². The number of carboxylic acid groups (broad SMARTS) is 1. The van der Waals surface area contributed by atoms with Crippen molar-refractivity contribution >= 4 is 23.4 Å². The molecule has 0 saturated carbocycles. The number of hydrogen-bond acceptors (Lipinski definition) is 7. The van der Waals surface area contributed by atoms with Crippen molar-refractivity contribution in [2.24, 2.45) is 0 Å². The fourth-order valence-corrected chi connectivity index (χ4v) is 2.53. The summed E-state index contributed by atoms with van der Waals surface area (Å²) < 4.78 is 5.25. The number of carbonyl (C=O) groups is 2. The lowest BCUT2D eigenvalue weighted by Gasteiger charge is -2.40. The van der Waals surface area contributed by atoms with E-state index in [1.807, 2.05) is 0 Å². The summed E-state index contributed by atoms with van der Waals surface area (Å²) in [4.78, 5) is 41.0. The van der Waals surface area contributed by atoms with Crippen molar-refractivity contribution in [3.05, 3.63) is 28.6 Å². The molecule has 0 bridgehead atoms. The van der Waals surface area contributed by atoms with Crippen LogP contribution in [0.4, 0.5) is 16.2 Å². The van der Waals surface area contributed by atoms with Gasteiger partial charge in [0.1, 0.15) is 17.3 Å². The summed E-state index contributed by atoms with van der Waals surface area (Å²) in [6.07, 6.45) is 1.90. The molecule has 2 heterocycles. The number of rotatable bonds is 3. The van der Waals surface area contributed by atoms with Crippen LogP contribution in [0.1, 0.15) is 20.8 Å². The van der Waals surface area contributed by atoms with Crippen molar-refractivity contribution in [2.75, 3.05) is 24.5 Å². The zero-order chi connectivity index (χ0) is 18.8. The molecule has 1 amide bonds.